The molecule has 11 heavy (non-hydrogen) atoms. The van der Waals surface area contributed by atoms with Gasteiger partial charge in [0.25, 0.3) is 0 Å². The van der Waals surface area contributed by atoms with E-state index >= 15 is 0 Å². The highest BCUT2D eigenvalue weighted by Gasteiger charge is 1.94. The number of carboxylic acids is 1. The first kappa shape index (κ1) is 9.97. The van der Waals surface area contributed by atoms with Crippen LogP contribution in [0.3, 0.4) is 0 Å². The molecular weight excluding hydrogens is 148 g/mol. The minimum Gasteiger partial charge on any atom is -0.499 e. The molecule has 0 saturated carbocycles. The van der Waals surface area contributed by atoms with Gasteiger partial charge in [0.2, 0.25) is 0 Å². The van der Waals surface area contributed by atoms with E-state index in [1.54, 1.807) is 0 Å². The number of carbonyl (C=O) groups is 1. The molecule has 4 heteroatoms. The first-order chi connectivity index (χ1) is 5.27. The van der Waals surface area contributed by atoms with E-state index in [0.717, 1.165) is 0 Å². The summed E-state index contributed by atoms with van der Waals surface area (Å²) in [5.74, 6) is -0.852. The van der Waals surface area contributed by atoms with Gasteiger partial charge in [-0.05, 0) is 0 Å². The molecule has 0 rings (SSSR count). The third kappa shape index (κ3) is 8.97. The van der Waals surface area contributed by atoms with Gasteiger partial charge in [-0.2, -0.15) is 0 Å². The van der Waals surface area contributed by atoms with Crippen molar-refractivity contribution in [1.82, 2.24) is 0 Å². The summed E-state index contributed by atoms with van der Waals surface area (Å²) in [6.45, 7) is 4.39. The Morgan fingerprint density at radius 1 is 1.45 bits per heavy atom. The molecule has 0 aliphatic carbocycles. The fraction of sp³-hybridized carbons (Fsp3) is 0.571. The predicted octanol–water partition coefficient (Wildman–Crippen LogP) is 0.638. The molecule has 0 aliphatic heterocycles. The van der Waals surface area contributed by atoms with E-state index < -0.39 is 5.97 Å². The largest absolute Gasteiger partial charge is 0.499 e. The number of carboxylic acid groups (broad SMARTS) is 1. The van der Waals surface area contributed by atoms with Gasteiger partial charge in [-0.25, -0.2) is 0 Å². The first-order valence-electron chi connectivity index (χ1n) is 3.29. The van der Waals surface area contributed by atoms with Crippen LogP contribution in [0.5, 0.6) is 0 Å². The summed E-state index contributed by atoms with van der Waals surface area (Å²) in [5.41, 5.74) is 0. The lowest BCUT2D eigenvalue weighted by Gasteiger charge is -2.00. The van der Waals surface area contributed by atoms with Crippen LogP contribution in [0.25, 0.3) is 0 Å². The van der Waals surface area contributed by atoms with Crippen LogP contribution >= 0.6 is 0 Å². The van der Waals surface area contributed by atoms with E-state index in [-0.39, 0.29) is 13.0 Å². The van der Waals surface area contributed by atoms with Crippen molar-refractivity contribution in [3.05, 3.63) is 12.8 Å². The standard InChI is InChI=1S/C7H12O4/c1-2-10-5-6-11-4-3-7(8)9/h2H,1,3-6H2,(H,8,9). The third-order valence-corrected chi connectivity index (χ3v) is 0.924. The van der Waals surface area contributed by atoms with Crippen LogP contribution in [-0.2, 0) is 14.3 Å². The molecule has 0 fully saturated rings. The zero-order chi connectivity index (χ0) is 8.53. The van der Waals surface area contributed by atoms with Gasteiger partial charge in [-0.15, -0.1) is 0 Å². The molecule has 1 N–H and O–H groups in total. The number of hydrogen-bond acceptors (Lipinski definition) is 3. The van der Waals surface area contributed by atoms with Gasteiger partial charge < -0.3 is 14.6 Å². The Hall–Kier alpha value is -1.03. The Kier molecular flexibility index (Phi) is 6.42. The van der Waals surface area contributed by atoms with Gasteiger partial charge in [-0.3, -0.25) is 4.79 Å². The Bertz CT molecular complexity index is 122. The second-order valence-electron chi connectivity index (χ2n) is 1.79. The third-order valence-electron chi connectivity index (χ3n) is 0.924. The topological polar surface area (TPSA) is 55.8 Å². The number of rotatable bonds is 7. The maximum atomic E-state index is 9.96. The average Bonchev–Trinajstić information content (AvgIpc) is 1.96. The molecule has 0 aliphatic rings. The molecule has 0 atom stereocenters. The molecule has 64 valence electrons. The lowest BCUT2D eigenvalue weighted by molar-refractivity contribution is -0.138. The smallest absolute Gasteiger partial charge is 0.305 e. The molecule has 0 bridgehead atoms. The van der Waals surface area contributed by atoms with Crippen LogP contribution in [-0.4, -0.2) is 30.9 Å². The van der Waals surface area contributed by atoms with Crippen molar-refractivity contribution in [3.8, 4) is 0 Å². The Labute approximate surface area is 65.4 Å². The molecule has 0 aromatic rings. The zero-order valence-electron chi connectivity index (χ0n) is 6.28. The van der Waals surface area contributed by atoms with Crippen LogP contribution in [0.15, 0.2) is 12.8 Å². The van der Waals surface area contributed by atoms with Crippen molar-refractivity contribution in [2.75, 3.05) is 19.8 Å². The number of aliphatic carboxylic acids is 1. The van der Waals surface area contributed by atoms with Crippen molar-refractivity contribution in [3.63, 3.8) is 0 Å². The van der Waals surface area contributed by atoms with Gasteiger partial charge >= 0.3 is 5.97 Å². The molecular formula is C7H12O4. The molecule has 0 saturated heterocycles. The monoisotopic (exact) mass is 160 g/mol. The lowest BCUT2D eigenvalue weighted by atomic mass is 10.5. The van der Waals surface area contributed by atoms with Crippen LogP contribution in [0, 0.1) is 0 Å². The van der Waals surface area contributed by atoms with E-state index in [1.165, 1.54) is 6.26 Å². The number of hydrogen-bond donors (Lipinski definition) is 1. The van der Waals surface area contributed by atoms with Crippen molar-refractivity contribution >= 4 is 5.97 Å². The van der Waals surface area contributed by atoms with Crippen LogP contribution < -0.4 is 0 Å². The van der Waals surface area contributed by atoms with Gasteiger partial charge in [0.05, 0.1) is 25.9 Å². The molecule has 0 aromatic carbocycles. The molecule has 0 amide bonds. The van der Waals surface area contributed by atoms with Gasteiger partial charge in [-0.1, -0.05) is 6.58 Å². The summed E-state index contributed by atoms with van der Waals surface area (Å²) in [5, 5.41) is 8.19. The zero-order valence-corrected chi connectivity index (χ0v) is 6.28. The highest BCUT2D eigenvalue weighted by molar-refractivity contribution is 5.66. The average molecular weight is 160 g/mol. The lowest BCUT2D eigenvalue weighted by Crippen LogP contribution is -2.06. The predicted molar refractivity (Wildman–Crippen MR) is 39.2 cm³/mol. The SMILES string of the molecule is C=COCCOCCC(=O)O. The molecule has 0 radical (unpaired) electrons. The van der Waals surface area contributed by atoms with E-state index in [1.807, 2.05) is 0 Å². The summed E-state index contributed by atoms with van der Waals surface area (Å²) in [6, 6.07) is 0. The second-order valence-corrected chi connectivity index (χ2v) is 1.79. The first-order valence-corrected chi connectivity index (χ1v) is 3.29. The van der Waals surface area contributed by atoms with E-state index in [9.17, 15) is 4.79 Å². The van der Waals surface area contributed by atoms with Crippen LogP contribution in [0.2, 0.25) is 0 Å². The van der Waals surface area contributed by atoms with Crippen LogP contribution in [0.1, 0.15) is 6.42 Å². The van der Waals surface area contributed by atoms with Crippen molar-refractivity contribution in [2.45, 2.75) is 6.42 Å². The van der Waals surface area contributed by atoms with Gasteiger partial charge in [0.15, 0.2) is 0 Å². The maximum Gasteiger partial charge on any atom is 0.305 e. The minimum atomic E-state index is -0.852. The fourth-order valence-corrected chi connectivity index (χ4v) is 0.452. The number of ether oxygens (including phenoxy) is 2. The summed E-state index contributed by atoms with van der Waals surface area (Å²) < 4.78 is 9.62. The Balaban J connectivity index is 2.90. The van der Waals surface area contributed by atoms with Crippen molar-refractivity contribution in [1.29, 1.82) is 0 Å². The fourth-order valence-electron chi connectivity index (χ4n) is 0.452. The summed E-state index contributed by atoms with van der Waals surface area (Å²) >= 11 is 0. The molecule has 4 nitrogen and oxygen atoms in total. The molecule has 0 aromatic heterocycles. The van der Waals surface area contributed by atoms with E-state index in [0.29, 0.717) is 13.2 Å². The highest BCUT2D eigenvalue weighted by Crippen LogP contribution is 1.83. The Morgan fingerprint density at radius 2 is 2.18 bits per heavy atom. The summed E-state index contributed by atoms with van der Waals surface area (Å²) in [7, 11) is 0. The van der Waals surface area contributed by atoms with Gasteiger partial charge in [0, 0.05) is 0 Å². The second kappa shape index (κ2) is 7.08. The normalized spacial score (nSPS) is 9.09. The van der Waals surface area contributed by atoms with E-state index in [2.05, 4.69) is 6.58 Å². The summed E-state index contributed by atoms with van der Waals surface area (Å²) in [6.07, 6.45) is 1.36. The highest BCUT2D eigenvalue weighted by atomic mass is 16.5. The maximum absolute atomic E-state index is 9.96. The molecule has 0 heterocycles. The Morgan fingerprint density at radius 3 is 2.73 bits per heavy atom. The minimum absolute atomic E-state index is 0.0358. The van der Waals surface area contributed by atoms with Crippen molar-refractivity contribution in [2.24, 2.45) is 0 Å². The van der Waals surface area contributed by atoms with Crippen LogP contribution in [0.4, 0.5) is 0 Å². The molecule has 0 unspecified atom stereocenters. The van der Waals surface area contributed by atoms with E-state index in [4.69, 9.17) is 14.6 Å². The summed E-state index contributed by atoms with van der Waals surface area (Å²) in [4.78, 5) is 9.96. The van der Waals surface area contributed by atoms with Gasteiger partial charge in [0.1, 0.15) is 6.61 Å². The van der Waals surface area contributed by atoms with Crippen molar-refractivity contribution < 1.29 is 19.4 Å². The quantitative estimate of drug-likeness (QED) is 0.438. The molecule has 0 spiro atoms.